The lowest BCUT2D eigenvalue weighted by molar-refractivity contribution is 0.0982. The highest BCUT2D eigenvalue weighted by molar-refractivity contribution is 7.91. The number of nitrogen functional groups attached to an aromatic ring is 1. The molecule has 1 aliphatic carbocycles. The van der Waals surface area contributed by atoms with Crippen LogP contribution < -0.4 is 15.2 Å². The molecule has 1 aromatic rings. The first-order chi connectivity index (χ1) is 8.44. The molecule has 18 heavy (non-hydrogen) atoms. The van der Waals surface area contributed by atoms with Crippen LogP contribution in [0.15, 0.2) is 18.2 Å². The highest BCUT2D eigenvalue weighted by atomic mass is 32.2. The van der Waals surface area contributed by atoms with Gasteiger partial charge < -0.3 is 10.5 Å². The summed E-state index contributed by atoms with van der Waals surface area (Å²) in [6, 6.07) is 4.51. The van der Waals surface area contributed by atoms with Crippen molar-refractivity contribution in [2.75, 3.05) is 12.8 Å². The minimum Gasteiger partial charge on any atom is -0.497 e. The standard InChI is InChI=1S/C11H14N2O4S/c1-17-7-2-5-10(12)9(6-7)11(14)13-18(15,16)8-3-4-8/h2,5-6,8H,3-4,12H2,1H3,(H,13,14). The number of rotatable bonds is 4. The zero-order valence-electron chi connectivity index (χ0n) is 9.84. The zero-order valence-corrected chi connectivity index (χ0v) is 10.7. The lowest BCUT2D eigenvalue weighted by atomic mass is 10.1. The van der Waals surface area contributed by atoms with Gasteiger partial charge in [0.15, 0.2) is 0 Å². The molecule has 0 spiro atoms. The largest absolute Gasteiger partial charge is 0.497 e. The normalized spacial score (nSPS) is 15.2. The molecule has 1 saturated carbocycles. The molecule has 1 aromatic carbocycles. The molecular weight excluding hydrogens is 256 g/mol. The monoisotopic (exact) mass is 270 g/mol. The highest BCUT2D eigenvalue weighted by Crippen LogP contribution is 2.28. The Morgan fingerprint density at radius 3 is 2.67 bits per heavy atom. The van der Waals surface area contributed by atoms with Crippen LogP contribution in [-0.2, 0) is 10.0 Å². The third kappa shape index (κ3) is 2.56. The number of methoxy groups -OCH3 is 1. The van der Waals surface area contributed by atoms with E-state index in [4.69, 9.17) is 10.5 Å². The van der Waals surface area contributed by atoms with Gasteiger partial charge in [0.1, 0.15) is 5.75 Å². The second kappa shape index (κ2) is 4.49. The van der Waals surface area contributed by atoms with Gasteiger partial charge in [-0.25, -0.2) is 13.1 Å². The molecule has 1 aliphatic rings. The molecule has 0 heterocycles. The van der Waals surface area contributed by atoms with Crippen LogP contribution in [-0.4, -0.2) is 26.7 Å². The number of nitrogens with two attached hydrogens (primary N) is 1. The molecule has 0 atom stereocenters. The Hall–Kier alpha value is -1.76. The molecule has 0 aliphatic heterocycles. The van der Waals surface area contributed by atoms with Crippen molar-refractivity contribution in [3.63, 3.8) is 0 Å². The second-order valence-corrected chi connectivity index (χ2v) is 6.09. The molecule has 6 nitrogen and oxygen atoms in total. The number of hydrogen-bond donors (Lipinski definition) is 2. The maximum atomic E-state index is 11.9. The van der Waals surface area contributed by atoms with Crippen LogP contribution in [0.2, 0.25) is 0 Å². The molecule has 0 unspecified atom stereocenters. The van der Waals surface area contributed by atoms with E-state index in [2.05, 4.69) is 0 Å². The third-order valence-corrected chi connectivity index (χ3v) is 4.52. The summed E-state index contributed by atoms with van der Waals surface area (Å²) in [6.45, 7) is 0. The summed E-state index contributed by atoms with van der Waals surface area (Å²) < 4.78 is 30.3. The van der Waals surface area contributed by atoms with Crippen molar-refractivity contribution in [1.29, 1.82) is 0 Å². The van der Waals surface area contributed by atoms with Crippen molar-refractivity contribution in [2.24, 2.45) is 0 Å². The summed E-state index contributed by atoms with van der Waals surface area (Å²) in [5.41, 5.74) is 5.95. The van der Waals surface area contributed by atoms with Gasteiger partial charge in [0, 0.05) is 5.69 Å². The molecule has 3 N–H and O–H groups in total. The second-order valence-electron chi connectivity index (χ2n) is 4.13. The molecule has 1 fully saturated rings. The molecular formula is C11H14N2O4S. The van der Waals surface area contributed by atoms with Gasteiger partial charge in [-0.2, -0.15) is 0 Å². The molecule has 0 aromatic heterocycles. The summed E-state index contributed by atoms with van der Waals surface area (Å²) in [5, 5.41) is -0.451. The van der Waals surface area contributed by atoms with Crippen LogP contribution in [0.3, 0.4) is 0 Å². The number of nitrogens with one attached hydrogen (secondary N) is 1. The first kappa shape index (κ1) is 12.7. The predicted molar refractivity (Wildman–Crippen MR) is 66.8 cm³/mol. The lowest BCUT2D eigenvalue weighted by Crippen LogP contribution is -2.33. The highest BCUT2D eigenvalue weighted by Gasteiger charge is 2.37. The Labute approximate surface area is 105 Å². The van der Waals surface area contributed by atoms with E-state index < -0.39 is 21.2 Å². The van der Waals surface area contributed by atoms with E-state index in [1.54, 1.807) is 6.07 Å². The number of carbonyl (C=O) groups is 1. The zero-order chi connectivity index (χ0) is 13.3. The summed E-state index contributed by atoms with van der Waals surface area (Å²) in [5.74, 6) is -0.281. The minimum absolute atomic E-state index is 0.0959. The Morgan fingerprint density at radius 1 is 1.44 bits per heavy atom. The summed E-state index contributed by atoms with van der Waals surface area (Å²) >= 11 is 0. The topological polar surface area (TPSA) is 98.5 Å². The van der Waals surface area contributed by atoms with E-state index >= 15 is 0 Å². The quantitative estimate of drug-likeness (QED) is 0.776. The Kier molecular flexibility index (Phi) is 3.16. The fourth-order valence-corrected chi connectivity index (χ4v) is 2.80. The number of amides is 1. The number of hydrogen-bond acceptors (Lipinski definition) is 5. The van der Waals surface area contributed by atoms with Crippen LogP contribution in [0, 0.1) is 0 Å². The average Bonchev–Trinajstić information content (AvgIpc) is 3.13. The maximum Gasteiger partial charge on any atom is 0.266 e. The van der Waals surface area contributed by atoms with Gasteiger partial charge in [0.25, 0.3) is 5.91 Å². The molecule has 98 valence electrons. The molecule has 0 bridgehead atoms. The smallest absolute Gasteiger partial charge is 0.266 e. The first-order valence-electron chi connectivity index (χ1n) is 5.43. The minimum atomic E-state index is -3.57. The van der Waals surface area contributed by atoms with E-state index in [0.717, 1.165) is 0 Å². The van der Waals surface area contributed by atoms with E-state index in [1.165, 1.54) is 19.2 Å². The fraction of sp³-hybridized carbons (Fsp3) is 0.364. The average molecular weight is 270 g/mol. The number of carbonyl (C=O) groups excluding carboxylic acids is 1. The van der Waals surface area contributed by atoms with Crippen LogP contribution in [0.4, 0.5) is 5.69 Å². The van der Waals surface area contributed by atoms with Crippen molar-refractivity contribution in [1.82, 2.24) is 4.72 Å². The van der Waals surface area contributed by atoms with Gasteiger partial charge in [-0.15, -0.1) is 0 Å². The van der Waals surface area contributed by atoms with Crippen molar-refractivity contribution in [3.05, 3.63) is 23.8 Å². The van der Waals surface area contributed by atoms with Crippen molar-refractivity contribution >= 4 is 21.6 Å². The maximum absolute atomic E-state index is 11.9. The van der Waals surface area contributed by atoms with Gasteiger partial charge in [-0.1, -0.05) is 0 Å². The van der Waals surface area contributed by atoms with E-state index in [-0.39, 0.29) is 11.3 Å². The Bertz CT molecular complexity index is 579. The number of ether oxygens (including phenoxy) is 1. The van der Waals surface area contributed by atoms with E-state index in [1.807, 2.05) is 4.72 Å². The van der Waals surface area contributed by atoms with Gasteiger partial charge in [0.2, 0.25) is 10.0 Å². The lowest BCUT2D eigenvalue weighted by Gasteiger charge is -2.09. The number of sulfonamides is 1. The van der Waals surface area contributed by atoms with Crippen LogP contribution in [0.5, 0.6) is 5.75 Å². The summed E-state index contributed by atoms with van der Waals surface area (Å²) in [6.07, 6.45) is 1.19. The molecule has 2 rings (SSSR count). The third-order valence-electron chi connectivity index (χ3n) is 2.70. The van der Waals surface area contributed by atoms with Crippen LogP contribution in [0.1, 0.15) is 23.2 Å². The predicted octanol–water partition coefficient (Wildman–Crippen LogP) is 0.499. The Morgan fingerprint density at radius 2 is 2.11 bits per heavy atom. The van der Waals surface area contributed by atoms with Gasteiger partial charge >= 0.3 is 0 Å². The Balaban J connectivity index is 2.23. The first-order valence-corrected chi connectivity index (χ1v) is 6.98. The fourth-order valence-electron chi connectivity index (χ4n) is 1.50. The van der Waals surface area contributed by atoms with Crippen molar-refractivity contribution in [3.8, 4) is 5.75 Å². The van der Waals surface area contributed by atoms with Gasteiger partial charge in [0.05, 0.1) is 17.9 Å². The summed E-state index contributed by atoms with van der Waals surface area (Å²) in [7, 11) is -2.11. The molecule has 0 radical (unpaired) electrons. The van der Waals surface area contributed by atoms with E-state index in [9.17, 15) is 13.2 Å². The summed E-state index contributed by atoms with van der Waals surface area (Å²) in [4.78, 5) is 11.9. The number of anilines is 1. The van der Waals surface area contributed by atoms with Gasteiger partial charge in [-0.05, 0) is 31.0 Å². The molecule has 7 heteroatoms. The number of benzene rings is 1. The van der Waals surface area contributed by atoms with E-state index in [0.29, 0.717) is 18.6 Å². The van der Waals surface area contributed by atoms with Crippen LogP contribution >= 0.6 is 0 Å². The molecule has 1 amide bonds. The van der Waals surface area contributed by atoms with Crippen LogP contribution in [0.25, 0.3) is 0 Å². The molecule has 0 saturated heterocycles. The van der Waals surface area contributed by atoms with Crippen molar-refractivity contribution < 1.29 is 17.9 Å². The van der Waals surface area contributed by atoms with Gasteiger partial charge in [-0.3, -0.25) is 4.79 Å². The van der Waals surface area contributed by atoms with Crippen molar-refractivity contribution in [2.45, 2.75) is 18.1 Å². The SMILES string of the molecule is COc1ccc(N)c(C(=O)NS(=O)(=O)C2CC2)c1.